The van der Waals surface area contributed by atoms with Gasteiger partial charge in [0, 0.05) is 0 Å². The highest BCUT2D eigenvalue weighted by molar-refractivity contribution is 5.81. The molecule has 4 nitrogen and oxygen atoms in total. The van der Waals surface area contributed by atoms with Gasteiger partial charge < -0.3 is 9.52 Å². The number of hydrogen-bond donors (Lipinski definition) is 1. The predicted octanol–water partition coefficient (Wildman–Crippen LogP) is 2.20. The standard InChI is InChI=1S/C9H8F3NO3/c10-9(11,12)6-13-4-5(16-6)8(7(14)15)2-1-3-8/h4H,1-3H2,(H,14,15). The number of hydrogen-bond acceptors (Lipinski definition) is 3. The summed E-state index contributed by atoms with van der Waals surface area (Å²) in [6.45, 7) is 0. The first-order chi connectivity index (χ1) is 7.36. The zero-order valence-corrected chi connectivity index (χ0v) is 8.04. The van der Waals surface area contributed by atoms with E-state index < -0.39 is 23.5 Å². The maximum absolute atomic E-state index is 12.2. The lowest BCUT2D eigenvalue weighted by Gasteiger charge is -2.35. The van der Waals surface area contributed by atoms with E-state index in [1.807, 2.05) is 0 Å². The van der Waals surface area contributed by atoms with Gasteiger partial charge in [-0.3, -0.25) is 4.79 Å². The van der Waals surface area contributed by atoms with E-state index in [4.69, 9.17) is 5.11 Å². The summed E-state index contributed by atoms with van der Waals surface area (Å²) in [4.78, 5) is 14.1. The Morgan fingerprint density at radius 1 is 1.50 bits per heavy atom. The molecule has 16 heavy (non-hydrogen) atoms. The molecule has 1 aliphatic rings. The van der Waals surface area contributed by atoms with E-state index in [-0.39, 0.29) is 18.6 Å². The van der Waals surface area contributed by atoms with Crippen LogP contribution < -0.4 is 0 Å². The minimum Gasteiger partial charge on any atom is -0.480 e. The monoisotopic (exact) mass is 235 g/mol. The fourth-order valence-electron chi connectivity index (χ4n) is 1.72. The van der Waals surface area contributed by atoms with E-state index in [1.54, 1.807) is 0 Å². The molecule has 0 saturated heterocycles. The number of oxazole rings is 1. The van der Waals surface area contributed by atoms with Crippen LogP contribution in [0.5, 0.6) is 0 Å². The van der Waals surface area contributed by atoms with Crippen LogP contribution in [0, 0.1) is 0 Å². The van der Waals surface area contributed by atoms with E-state index in [0.29, 0.717) is 6.42 Å². The number of carbonyl (C=O) groups is 1. The second kappa shape index (κ2) is 3.23. The van der Waals surface area contributed by atoms with Gasteiger partial charge in [0.1, 0.15) is 11.2 Å². The van der Waals surface area contributed by atoms with E-state index in [1.165, 1.54) is 0 Å². The van der Waals surface area contributed by atoms with Crippen LogP contribution in [-0.4, -0.2) is 16.1 Å². The highest BCUT2D eigenvalue weighted by Crippen LogP contribution is 2.45. The van der Waals surface area contributed by atoms with Gasteiger partial charge in [-0.1, -0.05) is 6.42 Å². The van der Waals surface area contributed by atoms with Crippen molar-refractivity contribution in [1.29, 1.82) is 0 Å². The molecule has 1 fully saturated rings. The van der Waals surface area contributed by atoms with Gasteiger partial charge in [-0.15, -0.1) is 0 Å². The first-order valence-electron chi connectivity index (χ1n) is 4.63. The Morgan fingerprint density at radius 3 is 2.44 bits per heavy atom. The molecule has 0 atom stereocenters. The van der Waals surface area contributed by atoms with Gasteiger partial charge in [-0.2, -0.15) is 13.2 Å². The van der Waals surface area contributed by atoms with Crippen LogP contribution in [0.3, 0.4) is 0 Å². The predicted molar refractivity (Wildman–Crippen MR) is 44.7 cm³/mol. The summed E-state index contributed by atoms with van der Waals surface area (Å²) >= 11 is 0. The van der Waals surface area contributed by atoms with E-state index in [2.05, 4.69) is 9.40 Å². The van der Waals surface area contributed by atoms with Crippen molar-refractivity contribution in [3.8, 4) is 0 Å². The third kappa shape index (κ3) is 1.46. The van der Waals surface area contributed by atoms with E-state index in [0.717, 1.165) is 6.20 Å². The van der Waals surface area contributed by atoms with Gasteiger partial charge in [0.25, 0.3) is 0 Å². The molecule has 7 heteroatoms. The molecule has 1 N–H and O–H groups in total. The topological polar surface area (TPSA) is 63.3 Å². The summed E-state index contributed by atoms with van der Waals surface area (Å²) in [5.41, 5.74) is -1.31. The van der Waals surface area contributed by atoms with Crippen LogP contribution in [0.15, 0.2) is 10.6 Å². The number of carboxylic acid groups (broad SMARTS) is 1. The van der Waals surface area contributed by atoms with Crippen molar-refractivity contribution in [3.63, 3.8) is 0 Å². The Bertz CT molecular complexity index is 420. The number of halogens is 3. The Morgan fingerprint density at radius 2 is 2.12 bits per heavy atom. The molecule has 1 aliphatic carbocycles. The SMILES string of the molecule is O=C(O)C1(c2cnc(C(F)(F)F)o2)CCC1. The highest BCUT2D eigenvalue weighted by atomic mass is 19.4. The largest absolute Gasteiger partial charge is 0.480 e. The van der Waals surface area contributed by atoms with Crippen LogP contribution >= 0.6 is 0 Å². The zero-order valence-electron chi connectivity index (χ0n) is 8.04. The molecule has 1 aromatic heterocycles. The molecule has 1 heterocycles. The van der Waals surface area contributed by atoms with Crippen molar-refractivity contribution in [2.24, 2.45) is 0 Å². The zero-order chi connectivity index (χ0) is 12.0. The Kier molecular flexibility index (Phi) is 2.21. The molecule has 0 bridgehead atoms. The van der Waals surface area contributed by atoms with E-state index in [9.17, 15) is 18.0 Å². The second-order valence-corrected chi connectivity index (χ2v) is 3.77. The number of alkyl halides is 3. The fourth-order valence-corrected chi connectivity index (χ4v) is 1.72. The minimum atomic E-state index is -4.68. The second-order valence-electron chi connectivity index (χ2n) is 3.77. The van der Waals surface area contributed by atoms with Crippen molar-refractivity contribution in [2.75, 3.05) is 0 Å². The molecule has 2 rings (SSSR count). The summed E-state index contributed by atoms with van der Waals surface area (Å²) in [5, 5.41) is 8.98. The quantitative estimate of drug-likeness (QED) is 0.853. The number of aliphatic carboxylic acids is 1. The van der Waals surface area contributed by atoms with Gasteiger partial charge in [0.15, 0.2) is 0 Å². The summed E-state index contributed by atoms with van der Waals surface area (Å²) in [5.74, 6) is -2.77. The summed E-state index contributed by atoms with van der Waals surface area (Å²) in [7, 11) is 0. The van der Waals surface area contributed by atoms with Crippen molar-refractivity contribution in [3.05, 3.63) is 17.8 Å². The maximum atomic E-state index is 12.2. The third-order valence-electron chi connectivity index (χ3n) is 2.84. The Hall–Kier alpha value is -1.53. The average molecular weight is 235 g/mol. The molecule has 0 unspecified atom stereocenters. The first kappa shape index (κ1) is 11.0. The molecule has 0 radical (unpaired) electrons. The molecule has 88 valence electrons. The Balaban J connectivity index is 2.35. The lowest BCUT2D eigenvalue weighted by atomic mass is 9.67. The van der Waals surface area contributed by atoms with Crippen LogP contribution in [0.4, 0.5) is 13.2 Å². The molecule has 0 aromatic carbocycles. The average Bonchev–Trinajstić information content (AvgIpc) is 2.48. The molecular weight excluding hydrogens is 227 g/mol. The molecule has 0 spiro atoms. The smallest absolute Gasteiger partial charge is 0.468 e. The number of rotatable bonds is 2. The minimum absolute atomic E-state index is 0.210. The fraction of sp³-hybridized carbons (Fsp3) is 0.556. The molecule has 0 amide bonds. The van der Waals surface area contributed by atoms with Gasteiger partial charge in [-0.25, -0.2) is 4.98 Å². The number of aromatic nitrogens is 1. The Labute approximate surface area is 88.1 Å². The van der Waals surface area contributed by atoms with Crippen LogP contribution in [0.25, 0.3) is 0 Å². The van der Waals surface area contributed by atoms with Crippen molar-refractivity contribution < 1.29 is 27.5 Å². The number of carboxylic acids is 1. The van der Waals surface area contributed by atoms with Crippen molar-refractivity contribution in [1.82, 2.24) is 4.98 Å². The maximum Gasteiger partial charge on any atom is 0.468 e. The summed E-state index contributed by atoms with van der Waals surface area (Å²) in [6.07, 6.45) is -2.59. The lowest BCUT2D eigenvalue weighted by molar-refractivity contribution is -0.160. The normalized spacial score (nSPS) is 19.2. The highest BCUT2D eigenvalue weighted by Gasteiger charge is 2.50. The van der Waals surface area contributed by atoms with Gasteiger partial charge in [0.2, 0.25) is 0 Å². The van der Waals surface area contributed by atoms with E-state index >= 15 is 0 Å². The molecule has 1 aromatic rings. The molecular formula is C9H8F3NO3. The first-order valence-corrected chi connectivity index (χ1v) is 4.63. The van der Waals surface area contributed by atoms with Crippen LogP contribution in [0.2, 0.25) is 0 Å². The lowest BCUT2D eigenvalue weighted by Crippen LogP contribution is -2.42. The van der Waals surface area contributed by atoms with Crippen LogP contribution in [0.1, 0.15) is 30.9 Å². The summed E-state index contributed by atoms with van der Waals surface area (Å²) < 4.78 is 41.1. The van der Waals surface area contributed by atoms with Crippen molar-refractivity contribution in [2.45, 2.75) is 30.9 Å². The van der Waals surface area contributed by atoms with Crippen LogP contribution in [-0.2, 0) is 16.4 Å². The molecule has 1 saturated carbocycles. The van der Waals surface area contributed by atoms with Gasteiger partial charge in [-0.05, 0) is 12.8 Å². The van der Waals surface area contributed by atoms with Crippen molar-refractivity contribution >= 4 is 5.97 Å². The molecule has 0 aliphatic heterocycles. The third-order valence-corrected chi connectivity index (χ3v) is 2.84. The summed E-state index contributed by atoms with van der Waals surface area (Å²) in [6, 6.07) is 0. The van der Waals surface area contributed by atoms with Gasteiger partial charge >= 0.3 is 18.0 Å². The number of nitrogens with zero attached hydrogens (tertiary/aromatic N) is 1. The van der Waals surface area contributed by atoms with Gasteiger partial charge in [0.05, 0.1) is 6.20 Å².